The molecule has 1 saturated carbocycles. The van der Waals surface area contributed by atoms with Crippen LogP contribution in [-0.4, -0.2) is 35.6 Å². The molecule has 2 rings (SSSR count). The van der Waals surface area contributed by atoms with Crippen LogP contribution in [-0.2, 0) is 0 Å². The van der Waals surface area contributed by atoms with E-state index < -0.39 is 0 Å². The van der Waals surface area contributed by atoms with Crippen LogP contribution in [0, 0.1) is 0 Å². The number of piperazine rings is 1. The van der Waals surface area contributed by atoms with Crippen molar-refractivity contribution in [1.82, 2.24) is 10.2 Å². The highest BCUT2D eigenvalue weighted by Gasteiger charge is 2.41. The van der Waals surface area contributed by atoms with E-state index in [1.807, 2.05) is 0 Å². The quantitative estimate of drug-likeness (QED) is 0.809. The first-order valence-electron chi connectivity index (χ1n) is 7.71. The first-order valence-corrected chi connectivity index (χ1v) is 7.71. The molecule has 1 N–H and O–H groups in total. The standard InChI is InChI=1S/C15H30N2/c1-4-8-14(5-2)17-12-15(9-6-7-10-15)16-11-13(17)3/h13-14,16H,4-12H2,1-3H3. The van der Waals surface area contributed by atoms with E-state index in [4.69, 9.17) is 0 Å². The summed E-state index contributed by atoms with van der Waals surface area (Å²) < 4.78 is 0. The zero-order valence-electron chi connectivity index (χ0n) is 12.0. The Labute approximate surface area is 107 Å². The molecule has 0 bridgehead atoms. The molecule has 2 fully saturated rings. The number of nitrogens with zero attached hydrogens (tertiary/aromatic N) is 1. The van der Waals surface area contributed by atoms with Gasteiger partial charge in [-0.2, -0.15) is 0 Å². The van der Waals surface area contributed by atoms with Gasteiger partial charge in [0.2, 0.25) is 0 Å². The zero-order chi connectivity index (χ0) is 12.3. The van der Waals surface area contributed by atoms with E-state index >= 15 is 0 Å². The fraction of sp³-hybridized carbons (Fsp3) is 1.00. The number of hydrogen-bond acceptors (Lipinski definition) is 2. The molecule has 1 aliphatic heterocycles. The molecule has 1 heterocycles. The summed E-state index contributed by atoms with van der Waals surface area (Å²) in [7, 11) is 0. The van der Waals surface area contributed by atoms with Crippen LogP contribution in [0.5, 0.6) is 0 Å². The van der Waals surface area contributed by atoms with Gasteiger partial charge in [0.1, 0.15) is 0 Å². The molecule has 100 valence electrons. The second kappa shape index (κ2) is 5.71. The second-order valence-electron chi connectivity index (χ2n) is 6.24. The third kappa shape index (κ3) is 2.85. The van der Waals surface area contributed by atoms with Crippen molar-refractivity contribution in [3.05, 3.63) is 0 Å². The summed E-state index contributed by atoms with van der Waals surface area (Å²) in [6.07, 6.45) is 9.67. The Kier molecular flexibility index (Phi) is 4.48. The largest absolute Gasteiger partial charge is 0.308 e. The van der Waals surface area contributed by atoms with Crippen LogP contribution < -0.4 is 5.32 Å². The predicted octanol–water partition coefficient (Wildman–Crippen LogP) is 3.17. The van der Waals surface area contributed by atoms with Gasteiger partial charge in [0.05, 0.1) is 0 Å². The molecule has 2 unspecified atom stereocenters. The summed E-state index contributed by atoms with van der Waals surface area (Å²) in [5.74, 6) is 0. The molecule has 2 nitrogen and oxygen atoms in total. The van der Waals surface area contributed by atoms with E-state index in [0.29, 0.717) is 5.54 Å². The maximum Gasteiger partial charge on any atom is 0.0309 e. The molecule has 0 aromatic rings. The molecule has 1 aliphatic carbocycles. The smallest absolute Gasteiger partial charge is 0.0309 e. The lowest BCUT2D eigenvalue weighted by Gasteiger charge is -2.48. The SMILES string of the molecule is CCCC(CC)N1CC2(CCCC2)NCC1C. The molecule has 2 aliphatic rings. The third-order valence-corrected chi connectivity index (χ3v) is 4.95. The molecule has 0 radical (unpaired) electrons. The van der Waals surface area contributed by atoms with Crippen molar-refractivity contribution in [3.63, 3.8) is 0 Å². The Morgan fingerprint density at radius 2 is 2.00 bits per heavy atom. The summed E-state index contributed by atoms with van der Waals surface area (Å²) in [5.41, 5.74) is 0.480. The van der Waals surface area contributed by atoms with Crippen molar-refractivity contribution in [2.24, 2.45) is 0 Å². The van der Waals surface area contributed by atoms with Crippen molar-refractivity contribution >= 4 is 0 Å². The van der Waals surface area contributed by atoms with Crippen LogP contribution in [0.2, 0.25) is 0 Å². The van der Waals surface area contributed by atoms with Gasteiger partial charge >= 0.3 is 0 Å². The highest BCUT2D eigenvalue weighted by Crippen LogP contribution is 2.34. The summed E-state index contributed by atoms with van der Waals surface area (Å²) in [6.45, 7) is 9.57. The third-order valence-electron chi connectivity index (χ3n) is 4.95. The highest BCUT2D eigenvalue weighted by molar-refractivity contribution is 5.01. The second-order valence-corrected chi connectivity index (χ2v) is 6.24. The minimum Gasteiger partial charge on any atom is -0.308 e. The molecular formula is C15H30N2. The van der Waals surface area contributed by atoms with Crippen LogP contribution in [0.15, 0.2) is 0 Å². The van der Waals surface area contributed by atoms with Gasteiger partial charge in [0.15, 0.2) is 0 Å². The summed E-state index contributed by atoms with van der Waals surface area (Å²) in [6, 6.07) is 1.53. The van der Waals surface area contributed by atoms with Gasteiger partial charge in [-0.25, -0.2) is 0 Å². The fourth-order valence-corrected chi connectivity index (χ4v) is 3.86. The Bertz CT molecular complexity index is 233. The maximum atomic E-state index is 3.85. The van der Waals surface area contributed by atoms with Crippen LogP contribution >= 0.6 is 0 Å². The average Bonchev–Trinajstić information content (AvgIpc) is 2.78. The topological polar surface area (TPSA) is 15.3 Å². The molecule has 1 spiro atoms. The van der Waals surface area contributed by atoms with E-state index in [2.05, 4.69) is 31.0 Å². The van der Waals surface area contributed by atoms with E-state index in [9.17, 15) is 0 Å². The first-order chi connectivity index (χ1) is 8.21. The molecular weight excluding hydrogens is 208 g/mol. The van der Waals surface area contributed by atoms with Crippen LogP contribution in [0.1, 0.15) is 65.7 Å². The Morgan fingerprint density at radius 3 is 2.59 bits per heavy atom. The van der Waals surface area contributed by atoms with Crippen LogP contribution in [0.4, 0.5) is 0 Å². The number of hydrogen-bond donors (Lipinski definition) is 1. The number of nitrogens with one attached hydrogen (secondary N) is 1. The van der Waals surface area contributed by atoms with Crippen LogP contribution in [0.25, 0.3) is 0 Å². The summed E-state index contributed by atoms with van der Waals surface area (Å²) in [5, 5.41) is 3.85. The first kappa shape index (κ1) is 13.4. The molecule has 17 heavy (non-hydrogen) atoms. The van der Waals surface area contributed by atoms with Crippen LogP contribution in [0.3, 0.4) is 0 Å². The van der Waals surface area contributed by atoms with E-state index in [1.165, 1.54) is 58.0 Å². The molecule has 0 aromatic heterocycles. The zero-order valence-corrected chi connectivity index (χ0v) is 12.0. The summed E-state index contributed by atoms with van der Waals surface area (Å²) in [4.78, 5) is 2.81. The highest BCUT2D eigenvalue weighted by atomic mass is 15.3. The van der Waals surface area contributed by atoms with E-state index in [-0.39, 0.29) is 0 Å². The van der Waals surface area contributed by atoms with Gasteiger partial charge in [-0.05, 0) is 32.6 Å². The predicted molar refractivity (Wildman–Crippen MR) is 74.4 cm³/mol. The van der Waals surface area contributed by atoms with Crippen molar-refractivity contribution in [2.45, 2.75) is 83.3 Å². The molecule has 1 saturated heterocycles. The summed E-state index contributed by atoms with van der Waals surface area (Å²) >= 11 is 0. The van der Waals surface area contributed by atoms with Crippen molar-refractivity contribution in [2.75, 3.05) is 13.1 Å². The Morgan fingerprint density at radius 1 is 1.29 bits per heavy atom. The molecule has 0 aromatic carbocycles. The van der Waals surface area contributed by atoms with Crippen molar-refractivity contribution in [1.29, 1.82) is 0 Å². The Hall–Kier alpha value is -0.0800. The van der Waals surface area contributed by atoms with E-state index in [1.54, 1.807) is 0 Å². The van der Waals surface area contributed by atoms with Crippen molar-refractivity contribution in [3.8, 4) is 0 Å². The van der Waals surface area contributed by atoms with Crippen molar-refractivity contribution < 1.29 is 0 Å². The van der Waals surface area contributed by atoms with Gasteiger partial charge in [0, 0.05) is 30.7 Å². The lowest BCUT2D eigenvalue weighted by Crippen LogP contribution is -2.64. The van der Waals surface area contributed by atoms with Gasteiger partial charge in [-0.3, -0.25) is 4.90 Å². The lowest BCUT2D eigenvalue weighted by molar-refractivity contribution is 0.0450. The molecule has 2 atom stereocenters. The monoisotopic (exact) mass is 238 g/mol. The Balaban J connectivity index is 2.02. The minimum atomic E-state index is 0.480. The fourth-order valence-electron chi connectivity index (χ4n) is 3.86. The molecule has 0 amide bonds. The van der Waals surface area contributed by atoms with Gasteiger partial charge < -0.3 is 5.32 Å². The average molecular weight is 238 g/mol. The van der Waals surface area contributed by atoms with Gasteiger partial charge in [-0.15, -0.1) is 0 Å². The van der Waals surface area contributed by atoms with Gasteiger partial charge in [0.25, 0.3) is 0 Å². The lowest BCUT2D eigenvalue weighted by atomic mass is 9.90. The normalized spacial score (nSPS) is 30.9. The maximum absolute atomic E-state index is 3.85. The number of rotatable bonds is 4. The van der Waals surface area contributed by atoms with Gasteiger partial charge in [-0.1, -0.05) is 33.1 Å². The van der Waals surface area contributed by atoms with E-state index in [0.717, 1.165) is 12.1 Å². The molecule has 2 heteroatoms. The minimum absolute atomic E-state index is 0.480.